The highest BCUT2D eigenvalue weighted by molar-refractivity contribution is 7.89. The van der Waals surface area contributed by atoms with Crippen molar-refractivity contribution in [3.05, 3.63) is 47.0 Å². The van der Waals surface area contributed by atoms with E-state index in [0.29, 0.717) is 12.8 Å². The molecule has 3 rings (SSSR count). The Bertz CT molecular complexity index is 1470. The maximum Gasteiger partial charge on any atom is 0.408 e. The molecule has 1 aromatic carbocycles. The average molecular weight is 682 g/mol. The molecule has 1 aliphatic carbocycles. The van der Waals surface area contributed by atoms with E-state index in [4.69, 9.17) is 9.47 Å². The fourth-order valence-electron chi connectivity index (χ4n) is 5.13. The van der Waals surface area contributed by atoms with Gasteiger partial charge in [-0.15, -0.1) is 6.58 Å². The third-order valence-corrected chi connectivity index (χ3v) is 9.51. The average Bonchev–Trinajstić information content (AvgIpc) is 3.66. The first-order valence-corrected chi connectivity index (χ1v) is 16.7. The van der Waals surface area contributed by atoms with Gasteiger partial charge in [-0.05, 0) is 59.4 Å². The van der Waals surface area contributed by atoms with Crippen LogP contribution in [0.1, 0.15) is 59.8 Å². The Morgan fingerprint density at radius 2 is 1.89 bits per heavy atom. The van der Waals surface area contributed by atoms with Crippen LogP contribution in [0.5, 0.6) is 0 Å². The van der Waals surface area contributed by atoms with Crippen molar-refractivity contribution in [3.63, 3.8) is 0 Å². The van der Waals surface area contributed by atoms with Crippen molar-refractivity contribution in [3.8, 4) is 0 Å². The van der Waals surface area contributed by atoms with Gasteiger partial charge in [0.2, 0.25) is 21.8 Å². The first-order chi connectivity index (χ1) is 22.0. The zero-order valence-electron chi connectivity index (χ0n) is 27.0. The van der Waals surface area contributed by atoms with Gasteiger partial charge in [-0.1, -0.05) is 18.2 Å². The summed E-state index contributed by atoms with van der Waals surface area (Å²) in [5, 5.41) is 27.2. The molecule has 1 heterocycles. The number of esters is 1. The third kappa shape index (κ3) is 9.48. The van der Waals surface area contributed by atoms with Crippen LogP contribution in [0.25, 0.3) is 0 Å². The van der Waals surface area contributed by atoms with Crippen molar-refractivity contribution in [2.45, 2.75) is 94.0 Å². The van der Waals surface area contributed by atoms with Gasteiger partial charge in [-0.3, -0.25) is 19.7 Å². The number of alkyl carbamates (subject to hydrolysis) is 1. The number of rotatable bonds is 15. The molecule has 1 aliphatic heterocycles. The predicted molar refractivity (Wildman–Crippen MR) is 167 cm³/mol. The van der Waals surface area contributed by atoms with Gasteiger partial charge < -0.3 is 30.1 Å². The van der Waals surface area contributed by atoms with Crippen LogP contribution in [0.3, 0.4) is 0 Å². The van der Waals surface area contributed by atoms with Crippen molar-refractivity contribution in [1.29, 1.82) is 0 Å². The van der Waals surface area contributed by atoms with E-state index in [1.165, 1.54) is 18.2 Å². The number of carbonyl (C=O) groups excluding carboxylic acids is 4. The van der Waals surface area contributed by atoms with E-state index in [2.05, 4.69) is 17.2 Å². The van der Waals surface area contributed by atoms with Gasteiger partial charge in [-0.2, -0.15) is 4.31 Å². The van der Waals surface area contributed by atoms with E-state index in [1.807, 2.05) is 0 Å². The molecule has 0 bridgehead atoms. The standard InChI is InChI=1S/C30H43N5O11S/c1-6-8-16-33(47(43,44)24-12-10-9-11-22(24)35(41)42)17-13-21(31-28(40)46-29(3,4)5)26(38)34-19-20(36)18-23(34)25(37)32-30(14-15-30)27(39)45-7-2/h6,9-12,20-21,23,36H,1,7-8,13-19H2,2-5H3,(H,31,40)(H,32,37)/t20-,21+,23+/m1/s1. The first kappa shape index (κ1) is 37.4. The molecule has 1 aromatic rings. The summed E-state index contributed by atoms with van der Waals surface area (Å²) in [6.45, 7) is 9.37. The predicted octanol–water partition coefficient (Wildman–Crippen LogP) is 1.62. The maximum atomic E-state index is 14.0. The summed E-state index contributed by atoms with van der Waals surface area (Å²) in [6.07, 6.45) is -0.248. The summed E-state index contributed by atoms with van der Waals surface area (Å²) in [7, 11) is -4.48. The van der Waals surface area contributed by atoms with Crippen LogP contribution >= 0.6 is 0 Å². The van der Waals surface area contributed by atoms with Crippen molar-refractivity contribution in [1.82, 2.24) is 19.8 Å². The second kappa shape index (κ2) is 15.2. The van der Waals surface area contributed by atoms with Crippen LogP contribution in [-0.2, 0) is 33.9 Å². The quantitative estimate of drug-likeness (QED) is 0.105. The van der Waals surface area contributed by atoms with Crippen LogP contribution in [0.2, 0.25) is 0 Å². The minimum atomic E-state index is -4.48. The second-order valence-corrected chi connectivity index (χ2v) is 14.3. The number of aliphatic hydroxyl groups is 1. The van der Waals surface area contributed by atoms with Gasteiger partial charge in [-0.25, -0.2) is 18.0 Å². The van der Waals surface area contributed by atoms with Gasteiger partial charge >= 0.3 is 12.1 Å². The number of nitro benzene ring substituents is 1. The van der Waals surface area contributed by atoms with Crippen LogP contribution in [0.15, 0.2) is 41.8 Å². The Morgan fingerprint density at radius 3 is 2.47 bits per heavy atom. The normalized spacial score (nSPS) is 19.4. The molecule has 0 unspecified atom stereocenters. The lowest BCUT2D eigenvalue weighted by Gasteiger charge is -2.31. The SMILES string of the molecule is C=CCCN(CC[C@H](NC(=O)OC(C)(C)C)C(=O)N1C[C@H](O)C[C@H]1C(=O)NC1(C(=O)OCC)CC1)S(=O)(=O)c1ccccc1[N+](=O)[O-]. The molecule has 260 valence electrons. The highest BCUT2D eigenvalue weighted by atomic mass is 32.2. The topological polar surface area (TPSA) is 215 Å². The molecule has 2 aliphatic rings. The molecule has 3 amide bonds. The number of β-amino-alcohol motifs (C(OH)–C–C–N with tert-alkyl or cyclic N) is 1. The Balaban J connectivity index is 1.91. The fraction of sp³-hybridized carbons (Fsp3) is 0.600. The number of benzene rings is 1. The Labute approximate surface area is 273 Å². The Morgan fingerprint density at radius 1 is 1.23 bits per heavy atom. The number of amides is 3. The molecule has 3 atom stereocenters. The van der Waals surface area contributed by atoms with Crippen molar-refractivity contribution < 1.29 is 47.1 Å². The van der Waals surface area contributed by atoms with E-state index in [0.717, 1.165) is 21.3 Å². The summed E-state index contributed by atoms with van der Waals surface area (Å²) in [5.41, 5.74) is -2.81. The molecule has 3 N–H and O–H groups in total. The van der Waals surface area contributed by atoms with Gasteiger partial charge in [0.25, 0.3) is 5.69 Å². The maximum absolute atomic E-state index is 14.0. The molecule has 1 saturated heterocycles. The number of nitrogens with zero attached hydrogens (tertiary/aromatic N) is 3. The highest BCUT2D eigenvalue weighted by Gasteiger charge is 2.54. The molecular weight excluding hydrogens is 638 g/mol. The first-order valence-electron chi connectivity index (χ1n) is 15.3. The number of aliphatic hydroxyl groups excluding tert-OH is 1. The largest absolute Gasteiger partial charge is 0.464 e. The van der Waals surface area contributed by atoms with E-state index >= 15 is 0 Å². The van der Waals surface area contributed by atoms with Gasteiger partial charge in [0.15, 0.2) is 4.90 Å². The lowest BCUT2D eigenvalue weighted by Crippen LogP contribution is -2.57. The molecule has 16 nitrogen and oxygen atoms in total. The number of sulfonamides is 1. The van der Waals surface area contributed by atoms with Crippen molar-refractivity contribution in [2.24, 2.45) is 0 Å². The molecule has 47 heavy (non-hydrogen) atoms. The number of nitro groups is 1. The van der Waals surface area contributed by atoms with E-state index in [1.54, 1.807) is 27.7 Å². The Kier molecular flexibility index (Phi) is 12.1. The van der Waals surface area contributed by atoms with Crippen LogP contribution in [0.4, 0.5) is 10.5 Å². The summed E-state index contributed by atoms with van der Waals surface area (Å²) in [4.78, 5) is 64.0. The molecule has 0 radical (unpaired) electrons. The zero-order chi connectivity index (χ0) is 35.2. The number of ether oxygens (including phenoxy) is 2. The highest BCUT2D eigenvalue weighted by Crippen LogP contribution is 2.37. The minimum Gasteiger partial charge on any atom is -0.464 e. The lowest BCUT2D eigenvalue weighted by molar-refractivity contribution is -0.387. The van der Waals surface area contributed by atoms with Crippen LogP contribution < -0.4 is 10.6 Å². The van der Waals surface area contributed by atoms with Crippen LogP contribution in [0, 0.1) is 10.1 Å². The zero-order valence-corrected chi connectivity index (χ0v) is 27.8. The third-order valence-electron chi connectivity index (χ3n) is 7.56. The molecule has 2 fully saturated rings. The number of hydrogen-bond donors (Lipinski definition) is 3. The number of para-hydroxylation sites is 1. The molecule has 1 saturated carbocycles. The molecule has 17 heteroatoms. The number of nitrogens with one attached hydrogen (secondary N) is 2. The fourth-order valence-corrected chi connectivity index (χ4v) is 6.76. The van der Waals surface area contributed by atoms with Crippen molar-refractivity contribution in [2.75, 3.05) is 26.2 Å². The lowest BCUT2D eigenvalue weighted by atomic mass is 10.1. The number of carbonyl (C=O) groups is 4. The number of hydrogen-bond acceptors (Lipinski definition) is 11. The van der Waals surface area contributed by atoms with Gasteiger partial charge in [0.1, 0.15) is 23.2 Å². The second-order valence-electron chi connectivity index (χ2n) is 12.4. The van der Waals surface area contributed by atoms with E-state index in [9.17, 15) is 42.8 Å². The van der Waals surface area contributed by atoms with Crippen molar-refractivity contribution >= 4 is 39.6 Å². The van der Waals surface area contributed by atoms with E-state index in [-0.39, 0.29) is 45.5 Å². The number of likely N-dealkylation sites (tertiary alicyclic amines) is 1. The summed E-state index contributed by atoms with van der Waals surface area (Å²) in [6, 6.07) is 2.19. The summed E-state index contributed by atoms with van der Waals surface area (Å²) in [5.74, 6) is -2.10. The smallest absolute Gasteiger partial charge is 0.408 e. The van der Waals surface area contributed by atoms with Gasteiger partial charge in [0, 0.05) is 32.1 Å². The van der Waals surface area contributed by atoms with Crippen LogP contribution in [-0.4, -0.2) is 107 Å². The summed E-state index contributed by atoms with van der Waals surface area (Å²) >= 11 is 0. The van der Waals surface area contributed by atoms with Gasteiger partial charge in [0.05, 0.1) is 17.6 Å². The minimum absolute atomic E-state index is 0.110. The molecular formula is C30H43N5O11S. The Hall–Kier alpha value is -4.09. The summed E-state index contributed by atoms with van der Waals surface area (Å²) < 4.78 is 38.7. The molecule has 0 aromatic heterocycles. The molecule has 0 spiro atoms. The monoisotopic (exact) mass is 681 g/mol. The van der Waals surface area contributed by atoms with E-state index < -0.39 is 78.7 Å².